The Morgan fingerprint density at radius 1 is 1.38 bits per heavy atom. The van der Waals surface area contributed by atoms with Crippen LogP contribution < -0.4 is 5.32 Å². The smallest absolute Gasteiger partial charge is 0.0858 e. The summed E-state index contributed by atoms with van der Waals surface area (Å²) in [6.07, 6.45) is 0.980. The van der Waals surface area contributed by atoms with Gasteiger partial charge < -0.3 is 10.1 Å². The molecule has 1 aromatic carbocycles. The summed E-state index contributed by atoms with van der Waals surface area (Å²) in [5, 5.41) is 4.63. The van der Waals surface area contributed by atoms with E-state index in [-0.39, 0.29) is 12.1 Å². The van der Waals surface area contributed by atoms with Gasteiger partial charge in [-0.25, -0.2) is 0 Å². The van der Waals surface area contributed by atoms with Crippen LogP contribution >= 0.6 is 23.2 Å². The number of rotatable bonds is 5. The fourth-order valence-corrected chi connectivity index (χ4v) is 3.17. The van der Waals surface area contributed by atoms with Gasteiger partial charge in [0.25, 0.3) is 0 Å². The van der Waals surface area contributed by atoms with Crippen molar-refractivity contribution in [2.24, 2.45) is 0 Å². The highest BCUT2D eigenvalue weighted by molar-refractivity contribution is 6.42. The van der Waals surface area contributed by atoms with Crippen LogP contribution in [0.2, 0.25) is 10.0 Å². The molecule has 0 radical (unpaired) electrons. The fraction of sp³-hybridized carbons (Fsp3) is 0.625. The van der Waals surface area contributed by atoms with Crippen molar-refractivity contribution in [2.75, 3.05) is 26.7 Å². The molecular weight excluding hydrogens is 307 g/mol. The van der Waals surface area contributed by atoms with Gasteiger partial charge in [-0.1, -0.05) is 35.3 Å². The van der Waals surface area contributed by atoms with Crippen molar-refractivity contribution in [3.8, 4) is 0 Å². The molecule has 0 spiro atoms. The maximum Gasteiger partial charge on any atom is 0.0858 e. The molecule has 0 aliphatic carbocycles. The first-order valence-corrected chi connectivity index (χ1v) is 8.24. The highest BCUT2D eigenvalue weighted by Crippen LogP contribution is 2.27. The second-order valence-corrected chi connectivity index (χ2v) is 6.60. The third-order valence-corrected chi connectivity index (χ3v) is 5.00. The summed E-state index contributed by atoms with van der Waals surface area (Å²) in [5.41, 5.74) is 1.06. The molecule has 1 aliphatic rings. The molecule has 5 heteroatoms. The third kappa shape index (κ3) is 4.33. The highest BCUT2D eigenvalue weighted by Gasteiger charge is 2.28. The van der Waals surface area contributed by atoms with Gasteiger partial charge in [0.05, 0.1) is 22.8 Å². The molecular formula is C16H24Cl2N2O. The molecule has 118 valence electrons. The summed E-state index contributed by atoms with van der Waals surface area (Å²) in [6.45, 7) is 7.18. The summed E-state index contributed by atoms with van der Waals surface area (Å²) in [5.74, 6) is 0. The van der Waals surface area contributed by atoms with Gasteiger partial charge in [0.2, 0.25) is 0 Å². The van der Waals surface area contributed by atoms with Crippen molar-refractivity contribution in [1.29, 1.82) is 0 Å². The first-order chi connectivity index (χ1) is 10.0. The zero-order chi connectivity index (χ0) is 15.4. The lowest BCUT2D eigenvalue weighted by atomic mass is 9.99. The largest absolute Gasteiger partial charge is 0.374 e. The summed E-state index contributed by atoms with van der Waals surface area (Å²) >= 11 is 12.4. The van der Waals surface area contributed by atoms with Crippen LogP contribution in [-0.4, -0.2) is 49.8 Å². The monoisotopic (exact) mass is 330 g/mol. The number of nitrogens with zero attached hydrogens (tertiary/aromatic N) is 1. The topological polar surface area (TPSA) is 24.5 Å². The van der Waals surface area contributed by atoms with Gasteiger partial charge in [-0.3, -0.25) is 4.90 Å². The Bertz CT molecular complexity index is 468. The van der Waals surface area contributed by atoms with E-state index in [0.717, 1.165) is 31.7 Å². The van der Waals surface area contributed by atoms with E-state index in [9.17, 15) is 0 Å². The minimum absolute atomic E-state index is 0.168. The highest BCUT2D eigenvalue weighted by atomic mass is 35.5. The fourth-order valence-electron chi connectivity index (χ4n) is 2.77. The van der Waals surface area contributed by atoms with Crippen molar-refractivity contribution in [2.45, 2.75) is 38.5 Å². The molecule has 0 amide bonds. The van der Waals surface area contributed by atoms with Gasteiger partial charge in [0.15, 0.2) is 0 Å². The summed E-state index contributed by atoms with van der Waals surface area (Å²) < 4.78 is 5.97. The number of ether oxygens (including phenoxy) is 1. The van der Waals surface area contributed by atoms with Crippen molar-refractivity contribution in [1.82, 2.24) is 10.2 Å². The van der Waals surface area contributed by atoms with E-state index in [0.29, 0.717) is 16.1 Å². The van der Waals surface area contributed by atoms with Crippen molar-refractivity contribution >= 4 is 23.2 Å². The number of morpholine rings is 1. The molecule has 2 atom stereocenters. The van der Waals surface area contributed by atoms with E-state index in [1.54, 1.807) is 0 Å². The number of benzene rings is 1. The van der Waals surface area contributed by atoms with E-state index < -0.39 is 0 Å². The average Bonchev–Trinajstić information content (AvgIpc) is 2.49. The molecule has 0 aromatic heterocycles. The first-order valence-electron chi connectivity index (χ1n) is 7.48. The number of nitrogens with one attached hydrogen (secondary N) is 1. The quantitative estimate of drug-likeness (QED) is 0.896. The van der Waals surface area contributed by atoms with Crippen LogP contribution in [0.3, 0.4) is 0 Å². The molecule has 3 nitrogen and oxygen atoms in total. The minimum atomic E-state index is 0.168. The van der Waals surface area contributed by atoms with Crippen molar-refractivity contribution in [3.05, 3.63) is 33.8 Å². The van der Waals surface area contributed by atoms with E-state index in [1.165, 1.54) is 0 Å². The van der Waals surface area contributed by atoms with Gasteiger partial charge >= 0.3 is 0 Å². The molecule has 0 saturated carbocycles. The van der Waals surface area contributed by atoms with Crippen LogP contribution in [0.25, 0.3) is 0 Å². The Hall–Kier alpha value is -0.320. The van der Waals surface area contributed by atoms with Crippen molar-refractivity contribution in [3.63, 3.8) is 0 Å². The number of halogens is 2. The third-order valence-electron chi connectivity index (χ3n) is 4.15. The van der Waals surface area contributed by atoms with Gasteiger partial charge in [-0.2, -0.15) is 0 Å². The predicted octanol–water partition coefficient (Wildman–Crippen LogP) is 3.23. The Kier molecular flexibility index (Phi) is 6.33. The minimum Gasteiger partial charge on any atom is -0.374 e. The number of hydrogen-bond acceptors (Lipinski definition) is 3. The lowest BCUT2D eigenvalue weighted by Gasteiger charge is -2.39. The van der Waals surface area contributed by atoms with E-state index >= 15 is 0 Å². The molecule has 2 rings (SSSR count). The Morgan fingerprint density at radius 2 is 2.14 bits per heavy atom. The SMILES string of the molecule is CNC(Cc1cccc(Cl)c1Cl)C1CN(C(C)C)CCO1. The zero-order valence-electron chi connectivity index (χ0n) is 12.9. The van der Waals surface area contributed by atoms with Crippen LogP contribution in [-0.2, 0) is 11.2 Å². The van der Waals surface area contributed by atoms with Gasteiger partial charge in [0.1, 0.15) is 0 Å². The van der Waals surface area contributed by atoms with Crippen LogP contribution in [0, 0.1) is 0 Å². The summed E-state index contributed by atoms with van der Waals surface area (Å²) in [6, 6.07) is 6.56. The molecule has 1 N–H and O–H groups in total. The maximum atomic E-state index is 6.30. The van der Waals surface area contributed by atoms with E-state index in [1.807, 2.05) is 25.2 Å². The lowest BCUT2D eigenvalue weighted by Crippen LogP contribution is -2.53. The van der Waals surface area contributed by atoms with E-state index in [2.05, 4.69) is 24.1 Å². The lowest BCUT2D eigenvalue weighted by molar-refractivity contribution is -0.0541. The van der Waals surface area contributed by atoms with Crippen molar-refractivity contribution < 1.29 is 4.74 Å². The average molecular weight is 331 g/mol. The molecule has 0 bridgehead atoms. The molecule has 1 heterocycles. The summed E-state index contributed by atoms with van der Waals surface area (Å²) in [7, 11) is 1.97. The second kappa shape index (κ2) is 7.80. The molecule has 21 heavy (non-hydrogen) atoms. The molecule has 1 fully saturated rings. The Labute approximate surface area is 137 Å². The van der Waals surface area contributed by atoms with Crippen LogP contribution in [0.5, 0.6) is 0 Å². The number of likely N-dealkylation sites (N-methyl/N-ethyl adjacent to an activating group) is 1. The molecule has 2 unspecified atom stereocenters. The normalized spacial score (nSPS) is 21.7. The van der Waals surface area contributed by atoms with E-state index in [4.69, 9.17) is 27.9 Å². The standard InChI is InChI=1S/C16H24Cl2N2O/c1-11(2)20-7-8-21-15(10-20)14(19-3)9-12-5-4-6-13(17)16(12)18/h4-6,11,14-15,19H,7-10H2,1-3H3. The molecule has 1 aromatic rings. The molecule has 1 aliphatic heterocycles. The van der Waals surface area contributed by atoms with Gasteiger partial charge in [-0.15, -0.1) is 0 Å². The van der Waals surface area contributed by atoms with Crippen LogP contribution in [0.15, 0.2) is 18.2 Å². The van der Waals surface area contributed by atoms with Gasteiger partial charge in [-0.05, 0) is 38.9 Å². The molecule has 1 saturated heterocycles. The van der Waals surface area contributed by atoms with Crippen LogP contribution in [0.4, 0.5) is 0 Å². The number of hydrogen-bond donors (Lipinski definition) is 1. The predicted molar refractivity (Wildman–Crippen MR) is 89.5 cm³/mol. The van der Waals surface area contributed by atoms with Crippen LogP contribution in [0.1, 0.15) is 19.4 Å². The maximum absolute atomic E-state index is 6.30. The first kappa shape index (κ1) is 17.0. The Balaban J connectivity index is 2.07. The zero-order valence-corrected chi connectivity index (χ0v) is 14.4. The summed E-state index contributed by atoms with van der Waals surface area (Å²) in [4.78, 5) is 2.46. The Morgan fingerprint density at radius 3 is 2.81 bits per heavy atom. The second-order valence-electron chi connectivity index (χ2n) is 5.81. The van der Waals surface area contributed by atoms with Gasteiger partial charge in [0, 0.05) is 25.2 Å².